The molecule has 0 aliphatic carbocycles. The standard InChI is InChI=1S/C13H16N2O4/c1-8-6-19-7-9(2)15(8)12(16)10-3-4-11(13(17)18)14-5-10/h3-5,8-9H,6-7H2,1-2H3,(H,17,18). The number of amides is 1. The molecule has 19 heavy (non-hydrogen) atoms. The van der Waals surface area contributed by atoms with Gasteiger partial charge < -0.3 is 14.7 Å². The Morgan fingerprint density at radius 1 is 1.32 bits per heavy atom. The molecule has 1 N–H and O–H groups in total. The van der Waals surface area contributed by atoms with Crippen molar-refractivity contribution < 1.29 is 19.4 Å². The highest BCUT2D eigenvalue weighted by Gasteiger charge is 2.30. The van der Waals surface area contributed by atoms with Crippen molar-refractivity contribution in [3.63, 3.8) is 0 Å². The summed E-state index contributed by atoms with van der Waals surface area (Å²) in [4.78, 5) is 28.6. The summed E-state index contributed by atoms with van der Waals surface area (Å²) < 4.78 is 5.37. The summed E-state index contributed by atoms with van der Waals surface area (Å²) >= 11 is 0. The van der Waals surface area contributed by atoms with E-state index in [2.05, 4.69) is 4.98 Å². The maximum Gasteiger partial charge on any atom is 0.354 e. The van der Waals surface area contributed by atoms with Gasteiger partial charge in [0, 0.05) is 6.20 Å². The average Bonchev–Trinajstić information content (AvgIpc) is 2.38. The average molecular weight is 264 g/mol. The smallest absolute Gasteiger partial charge is 0.354 e. The largest absolute Gasteiger partial charge is 0.477 e. The Kier molecular flexibility index (Phi) is 3.80. The van der Waals surface area contributed by atoms with E-state index in [1.807, 2.05) is 13.8 Å². The maximum absolute atomic E-state index is 12.4. The highest BCUT2D eigenvalue weighted by Crippen LogP contribution is 2.17. The van der Waals surface area contributed by atoms with Crippen molar-refractivity contribution in [2.24, 2.45) is 0 Å². The van der Waals surface area contributed by atoms with Crippen LogP contribution in [0.25, 0.3) is 0 Å². The molecule has 1 amide bonds. The number of carboxylic acid groups (broad SMARTS) is 1. The Hall–Kier alpha value is -1.95. The Balaban J connectivity index is 2.20. The first-order chi connectivity index (χ1) is 9.00. The summed E-state index contributed by atoms with van der Waals surface area (Å²) in [5, 5.41) is 8.77. The third kappa shape index (κ3) is 2.73. The number of hydrogen-bond acceptors (Lipinski definition) is 4. The third-order valence-electron chi connectivity index (χ3n) is 3.13. The van der Waals surface area contributed by atoms with Gasteiger partial charge in [-0.1, -0.05) is 0 Å². The molecule has 0 radical (unpaired) electrons. The fraction of sp³-hybridized carbons (Fsp3) is 0.462. The SMILES string of the molecule is CC1COCC(C)N1C(=O)c1ccc(C(=O)O)nc1. The zero-order valence-electron chi connectivity index (χ0n) is 10.9. The number of carbonyl (C=O) groups is 2. The van der Waals surface area contributed by atoms with Gasteiger partial charge in [-0.05, 0) is 26.0 Å². The Bertz CT molecular complexity index is 476. The lowest BCUT2D eigenvalue weighted by Gasteiger charge is -2.38. The fourth-order valence-corrected chi connectivity index (χ4v) is 2.20. The van der Waals surface area contributed by atoms with Crippen molar-refractivity contribution in [3.8, 4) is 0 Å². The van der Waals surface area contributed by atoms with Gasteiger partial charge in [0.1, 0.15) is 5.69 Å². The number of pyridine rings is 1. The van der Waals surface area contributed by atoms with Crippen LogP contribution in [-0.2, 0) is 4.74 Å². The second kappa shape index (κ2) is 5.36. The number of ether oxygens (including phenoxy) is 1. The van der Waals surface area contributed by atoms with E-state index in [0.717, 1.165) is 0 Å². The van der Waals surface area contributed by atoms with E-state index in [-0.39, 0.29) is 23.7 Å². The minimum absolute atomic E-state index is 0.00426. The number of aromatic nitrogens is 1. The minimum atomic E-state index is -1.10. The second-order valence-electron chi connectivity index (χ2n) is 4.69. The molecule has 1 aliphatic heterocycles. The molecule has 6 nitrogen and oxygen atoms in total. The summed E-state index contributed by atoms with van der Waals surface area (Å²) in [6.45, 7) is 4.87. The van der Waals surface area contributed by atoms with E-state index in [1.54, 1.807) is 4.90 Å². The molecule has 0 aromatic carbocycles. The molecule has 2 unspecified atom stereocenters. The lowest BCUT2D eigenvalue weighted by atomic mass is 10.1. The van der Waals surface area contributed by atoms with Crippen molar-refractivity contribution in [2.45, 2.75) is 25.9 Å². The van der Waals surface area contributed by atoms with Crippen LogP contribution in [0.4, 0.5) is 0 Å². The van der Waals surface area contributed by atoms with Crippen molar-refractivity contribution >= 4 is 11.9 Å². The summed E-state index contributed by atoms with van der Waals surface area (Å²) in [6.07, 6.45) is 1.31. The van der Waals surface area contributed by atoms with Crippen LogP contribution < -0.4 is 0 Å². The first kappa shape index (κ1) is 13.5. The summed E-state index contributed by atoms with van der Waals surface area (Å²) in [7, 11) is 0. The molecular formula is C13H16N2O4. The third-order valence-corrected chi connectivity index (χ3v) is 3.13. The zero-order valence-corrected chi connectivity index (χ0v) is 10.9. The van der Waals surface area contributed by atoms with Gasteiger partial charge >= 0.3 is 5.97 Å². The Labute approximate surface area is 111 Å². The first-order valence-electron chi connectivity index (χ1n) is 6.10. The molecule has 0 saturated carbocycles. The van der Waals surface area contributed by atoms with Crippen molar-refractivity contribution in [1.29, 1.82) is 0 Å². The lowest BCUT2D eigenvalue weighted by Crippen LogP contribution is -2.52. The minimum Gasteiger partial charge on any atom is -0.477 e. The van der Waals surface area contributed by atoms with Gasteiger partial charge in [-0.15, -0.1) is 0 Å². The highest BCUT2D eigenvalue weighted by atomic mass is 16.5. The van der Waals surface area contributed by atoms with Gasteiger partial charge in [-0.2, -0.15) is 0 Å². The van der Waals surface area contributed by atoms with Gasteiger partial charge in [0.15, 0.2) is 0 Å². The molecule has 1 saturated heterocycles. The van der Waals surface area contributed by atoms with Crippen LogP contribution >= 0.6 is 0 Å². The molecular weight excluding hydrogens is 248 g/mol. The molecule has 1 fully saturated rings. The van der Waals surface area contributed by atoms with Crippen LogP contribution in [0.3, 0.4) is 0 Å². The van der Waals surface area contributed by atoms with Crippen LogP contribution in [-0.4, -0.2) is 52.2 Å². The summed E-state index contributed by atoms with van der Waals surface area (Å²) in [5.74, 6) is -1.25. The lowest BCUT2D eigenvalue weighted by molar-refractivity contribution is -0.0249. The molecule has 0 bridgehead atoms. The van der Waals surface area contributed by atoms with Gasteiger partial charge in [0.25, 0.3) is 5.91 Å². The molecule has 1 aromatic heterocycles. The number of carbonyl (C=O) groups excluding carboxylic acids is 1. The maximum atomic E-state index is 12.4. The van der Waals surface area contributed by atoms with Crippen LogP contribution in [0.5, 0.6) is 0 Å². The molecule has 102 valence electrons. The van der Waals surface area contributed by atoms with Crippen molar-refractivity contribution in [2.75, 3.05) is 13.2 Å². The quantitative estimate of drug-likeness (QED) is 0.863. The molecule has 1 aromatic rings. The molecule has 0 spiro atoms. The van der Waals surface area contributed by atoms with Crippen LogP contribution in [0.15, 0.2) is 18.3 Å². The molecule has 2 heterocycles. The van der Waals surface area contributed by atoms with Crippen molar-refractivity contribution in [1.82, 2.24) is 9.88 Å². The predicted molar refractivity (Wildman–Crippen MR) is 67.1 cm³/mol. The number of rotatable bonds is 2. The number of carboxylic acids is 1. The monoisotopic (exact) mass is 264 g/mol. The van der Waals surface area contributed by atoms with E-state index >= 15 is 0 Å². The van der Waals surface area contributed by atoms with Gasteiger partial charge in [0.2, 0.25) is 0 Å². The first-order valence-corrected chi connectivity index (χ1v) is 6.10. The van der Waals surface area contributed by atoms with Gasteiger partial charge in [-0.3, -0.25) is 4.79 Å². The van der Waals surface area contributed by atoms with Crippen molar-refractivity contribution in [3.05, 3.63) is 29.6 Å². The van der Waals surface area contributed by atoms with Gasteiger partial charge in [0.05, 0.1) is 30.9 Å². The van der Waals surface area contributed by atoms with Crippen LogP contribution in [0.1, 0.15) is 34.7 Å². The Morgan fingerprint density at radius 3 is 2.42 bits per heavy atom. The molecule has 2 rings (SSSR count). The van der Waals surface area contributed by atoms with E-state index in [0.29, 0.717) is 18.8 Å². The van der Waals surface area contributed by atoms with Gasteiger partial charge in [-0.25, -0.2) is 9.78 Å². The topological polar surface area (TPSA) is 79.7 Å². The number of nitrogens with zero attached hydrogens (tertiary/aromatic N) is 2. The number of hydrogen-bond donors (Lipinski definition) is 1. The molecule has 2 atom stereocenters. The normalized spacial score (nSPS) is 23.2. The summed E-state index contributed by atoms with van der Waals surface area (Å²) in [5.41, 5.74) is 0.324. The van der Waals surface area contributed by atoms with E-state index < -0.39 is 5.97 Å². The second-order valence-corrected chi connectivity index (χ2v) is 4.69. The number of morpholine rings is 1. The van der Waals surface area contributed by atoms with E-state index in [1.165, 1.54) is 18.3 Å². The Morgan fingerprint density at radius 2 is 1.95 bits per heavy atom. The molecule has 6 heteroatoms. The fourth-order valence-electron chi connectivity index (χ4n) is 2.20. The zero-order chi connectivity index (χ0) is 14.0. The highest BCUT2D eigenvalue weighted by molar-refractivity contribution is 5.95. The van der Waals surface area contributed by atoms with E-state index in [9.17, 15) is 9.59 Å². The van der Waals surface area contributed by atoms with Crippen LogP contribution in [0, 0.1) is 0 Å². The van der Waals surface area contributed by atoms with Crippen LogP contribution in [0.2, 0.25) is 0 Å². The predicted octanol–water partition coefficient (Wildman–Crippen LogP) is 1.03. The summed E-state index contributed by atoms with van der Waals surface area (Å²) in [6, 6.07) is 2.82. The van der Waals surface area contributed by atoms with E-state index in [4.69, 9.17) is 9.84 Å². The molecule has 1 aliphatic rings. The number of aromatic carboxylic acids is 1.